The summed E-state index contributed by atoms with van der Waals surface area (Å²) in [5, 5.41) is 2.87. The quantitative estimate of drug-likeness (QED) is 0.180. The van der Waals surface area contributed by atoms with Crippen molar-refractivity contribution in [3.8, 4) is 22.8 Å². The van der Waals surface area contributed by atoms with E-state index in [4.69, 9.17) is 9.97 Å². The molecule has 4 aromatic heterocycles. The van der Waals surface area contributed by atoms with E-state index in [1.54, 1.807) is 0 Å². The van der Waals surface area contributed by atoms with Crippen LogP contribution in [0.15, 0.2) is 146 Å². The summed E-state index contributed by atoms with van der Waals surface area (Å²) in [7, 11) is -2.36. The molecule has 6 aromatic rings. The molecule has 0 aliphatic carbocycles. The summed E-state index contributed by atoms with van der Waals surface area (Å²) in [4.78, 5) is 20.1. The highest BCUT2D eigenvalue weighted by Crippen LogP contribution is 2.60. The maximum absolute atomic E-state index is 5.40. The van der Waals surface area contributed by atoms with Gasteiger partial charge in [-0.2, -0.15) is 0 Å². The minimum absolute atomic E-state index is 0.891. The highest BCUT2D eigenvalue weighted by atomic mass is 28.3. The van der Waals surface area contributed by atoms with Crippen LogP contribution in [0.5, 0.6) is 0 Å². The number of aromatic nitrogens is 4. The molecule has 0 unspecified atom stereocenters. The molecule has 2 aromatic carbocycles. The van der Waals surface area contributed by atoms with Crippen LogP contribution in [0.1, 0.15) is 35.4 Å². The number of pyridine rings is 4. The van der Waals surface area contributed by atoms with Crippen LogP contribution in [0.2, 0.25) is 12.1 Å². The van der Waals surface area contributed by atoms with Gasteiger partial charge < -0.3 is 0 Å². The summed E-state index contributed by atoms with van der Waals surface area (Å²) >= 11 is 0. The van der Waals surface area contributed by atoms with E-state index in [0.717, 1.165) is 34.2 Å². The Bertz CT molecular complexity index is 1890. The van der Waals surface area contributed by atoms with Crippen LogP contribution in [0.3, 0.4) is 0 Å². The van der Waals surface area contributed by atoms with Gasteiger partial charge in [0.2, 0.25) is 0 Å². The van der Waals surface area contributed by atoms with Crippen LogP contribution in [-0.2, 0) is 0 Å². The van der Waals surface area contributed by atoms with Gasteiger partial charge in [-0.05, 0) is 93.3 Å². The van der Waals surface area contributed by atoms with E-state index >= 15 is 0 Å². The van der Waals surface area contributed by atoms with Gasteiger partial charge in [0.15, 0.2) is 0 Å². The first-order valence-corrected chi connectivity index (χ1v) is 18.1. The number of allylic oxidation sites excluding steroid dienone is 2. The zero-order valence-corrected chi connectivity index (χ0v) is 26.0. The Morgan fingerprint density at radius 1 is 0.378 bits per heavy atom. The molecular weight excluding hydrogens is 565 g/mol. The Balaban J connectivity index is 1.45. The SMILES string of the molecule is c1ccc(C2=C(c3cccc(-c4ccccn4)n3)[Si]3(CCCC3)C(c3cccc(-c4ccccn4)n3)=C2c2ccccc2)cc1. The lowest BCUT2D eigenvalue weighted by Gasteiger charge is -2.29. The average molecular weight is 597 g/mol. The van der Waals surface area contributed by atoms with Crippen molar-refractivity contribution in [3.63, 3.8) is 0 Å². The Hall–Kier alpha value is -5.26. The smallest absolute Gasteiger partial charge is 0.125 e. The maximum atomic E-state index is 5.40. The third-order valence-electron chi connectivity index (χ3n) is 9.15. The van der Waals surface area contributed by atoms with E-state index in [-0.39, 0.29) is 0 Å². The molecule has 8 rings (SSSR count). The number of hydrogen-bond acceptors (Lipinski definition) is 4. The first kappa shape index (κ1) is 27.3. The summed E-state index contributed by atoms with van der Waals surface area (Å²) in [5.74, 6) is 0. The molecule has 0 bridgehead atoms. The van der Waals surface area contributed by atoms with Gasteiger partial charge in [0, 0.05) is 12.4 Å². The molecule has 2 aliphatic rings. The van der Waals surface area contributed by atoms with Crippen molar-refractivity contribution >= 4 is 29.6 Å². The monoisotopic (exact) mass is 596 g/mol. The van der Waals surface area contributed by atoms with Crippen LogP contribution < -0.4 is 0 Å². The molecule has 216 valence electrons. The van der Waals surface area contributed by atoms with Crippen LogP contribution >= 0.6 is 0 Å². The molecule has 6 heterocycles. The Kier molecular flexibility index (Phi) is 7.08. The van der Waals surface area contributed by atoms with Gasteiger partial charge in [-0.3, -0.25) is 9.97 Å². The molecule has 0 saturated carbocycles. The van der Waals surface area contributed by atoms with Gasteiger partial charge in [-0.25, -0.2) is 9.97 Å². The Labute approximate surface area is 265 Å². The molecule has 0 radical (unpaired) electrons. The van der Waals surface area contributed by atoms with E-state index < -0.39 is 8.07 Å². The molecule has 45 heavy (non-hydrogen) atoms. The zero-order chi connectivity index (χ0) is 30.1. The van der Waals surface area contributed by atoms with E-state index in [9.17, 15) is 0 Å². The highest BCUT2D eigenvalue weighted by molar-refractivity contribution is 7.14. The average Bonchev–Trinajstić information content (AvgIpc) is 3.73. The third kappa shape index (κ3) is 4.86. The molecule has 5 heteroatoms. The normalized spacial score (nSPS) is 15.6. The molecule has 1 spiro atoms. The molecular formula is C40H32N4Si. The molecule has 2 aliphatic heterocycles. The Morgan fingerprint density at radius 2 is 0.778 bits per heavy atom. The van der Waals surface area contributed by atoms with Crippen LogP contribution in [0, 0.1) is 0 Å². The topological polar surface area (TPSA) is 51.6 Å². The van der Waals surface area contributed by atoms with E-state index in [1.807, 2.05) is 48.8 Å². The van der Waals surface area contributed by atoms with E-state index in [1.165, 1.54) is 57.6 Å². The van der Waals surface area contributed by atoms with Gasteiger partial charge in [-0.1, -0.05) is 97.8 Å². The lowest BCUT2D eigenvalue weighted by Crippen LogP contribution is -2.34. The van der Waals surface area contributed by atoms with Crippen molar-refractivity contribution in [1.82, 2.24) is 19.9 Å². The number of nitrogens with zero attached hydrogens (tertiary/aromatic N) is 4. The van der Waals surface area contributed by atoms with Crippen molar-refractivity contribution in [3.05, 3.63) is 168 Å². The predicted octanol–water partition coefficient (Wildman–Crippen LogP) is 9.46. The van der Waals surface area contributed by atoms with Gasteiger partial charge in [0.05, 0.1) is 34.2 Å². The summed E-state index contributed by atoms with van der Waals surface area (Å²) in [6.45, 7) is 0. The fraction of sp³-hybridized carbons (Fsp3) is 0.100. The largest absolute Gasteiger partial charge is 0.255 e. The zero-order valence-electron chi connectivity index (χ0n) is 25.0. The van der Waals surface area contributed by atoms with Crippen molar-refractivity contribution in [2.24, 2.45) is 0 Å². The van der Waals surface area contributed by atoms with Gasteiger partial charge >= 0.3 is 0 Å². The second kappa shape index (κ2) is 11.7. The summed E-state index contributed by atoms with van der Waals surface area (Å²) in [5.41, 5.74) is 10.8. The van der Waals surface area contributed by atoms with Crippen LogP contribution in [0.4, 0.5) is 0 Å². The highest BCUT2D eigenvalue weighted by Gasteiger charge is 2.52. The summed E-state index contributed by atoms with van der Waals surface area (Å²) in [6, 6.07) is 49.2. The van der Waals surface area contributed by atoms with Gasteiger partial charge in [-0.15, -0.1) is 0 Å². The molecule has 0 amide bonds. The first-order chi connectivity index (χ1) is 22.3. The van der Waals surface area contributed by atoms with Crippen LogP contribution in [-0.4, -0.2) is 28.0 Å². The second-order valence-corrected chi connectivity index (χ2v) is 15.9. The molecule has 1 fully saturated rings. The molecule has 4 nitrogen and oxygen atoms in total. The van der Waals surface area contributed by atoms with E-state index in [0.29, 0.717) is 0 Å². The molecule has 0 atom stereocenters. The fourth-order valence-electron chi connectivity index (χ4n) is 7.33. The minimum atomic E-state index is -2.36. The maximum Gasteiger partial charge on any atom is 0.125 e. The molecule has 0 N–H and O–H groups in total. The minimum Gasteiger partial charge on any atom is -0.255 e. The van der Waals surface area contributed by atoms with Crippen molar-refractivity contribution in [2.75, 3.05) is 0 Å². The summed E-state index contributed by atoms with van der Waals surface area (Å²) < 4.78 is 0. The van der Waals surface area contributed by atoms with Gasteiger partial charge in [0.25, 0.3) is 0 Å². The van der Waals surface area contributed by atoms with Crippen molar-refractivity contribution in [1.29, 1.82) is 0 Å². The first-order valence-electron chi connectivity index (χ1n) is 15.7. The second-order valence-electron chi connectivity index (χ2n) is 11.8. The number of benzene rings is 2. The lowest BCUT2D eigenvalue weighted by molar-refractivity contribution is 0.935. The standard InChI is InChI=1S/C40H32N4Si/c1-3-15-29(16-4-1)37-38(30-17-5-2-6-18-30)40(36-24-14-22-34(44-36)32-20-8-10-26-42-32)45(27-11-12-28-45)39(37)35-23-13-21-33(43-35)31-19-7-9-25-41-31/h1-10,13-26H,11-12,27-28H2. The third-order valence-corrected chi connectivity index (χ3v) is 14.5. The number of hydrogen-bond donors (Lipinski definition) is 0. The van der Waals surface area contributed by atoms with Crippen molar-refractivity contribution < 1.29 is 0 Å². The predicted molar refractivity (Wildman–Crippen MR) is 186 cm³/mol. The lowest BCUT2D eigenvalue weighted by atomic mass is 9.90. The summed E-state index contributed by atoms with van der Waals surface area (Å²) in [6.07, 6.45) is 6.11. The van der Waals surface area contributed by atoms with Crippen LogP contribution in [0.25, 0.3) is 44.3 Å². The fourth-order valence-corrected chi connectivity index (χ4v) is 13.3. The Morgan fingerprint density at radius 3 is 1.20 bits per heavy atom. The van der Waals surface area contributed by atoms with Crippen molar-refractivity contribution in [2.45, 2.75) is 24.9 Å². The van der Waals surface area contributed by atoms with E-state index in [2.05, 4.69) is 107 Å². The van der Waals surface area contributed by atoms with Gasteiger partial charge in [0.1, 0.15) is 8.07 Å². The molecule has 1 saturated heterocycles. The number of rotatable bonds is 6.